The smallest absolute Gasteiger partial charge is 0.0991 e. The van der Waals surface area contributed by atoms with Gasteiger partial charge in [-0.2, -0.15) is 5.26 Å². The lowest BCUT2D eigenvalue weighted by atomic mass is 10.1. The second-order valence-corrected chi connectivity index (χ2v) is 5.45. The summed E-state index contributed by atoms with van der Waals surface area (Å²) in [5.41, 5.74) is 1.62. The zero-order valence-corrected chi connectivity index (χ0v) is 11.5. The summed E-state index contributed by atoms with van der Waals surface area (Å²) < 4.78 is 11.6. The fourth-order valence-corrected chi connectivity index (χ4v) is 2.15. The van der Waals surface area contributed by atoms with Crippen LogP contribution in [0.4, 0.5) is 0 Å². The number of morpholine rings is 1. The van der Waals surface area contributed by atoms with Gasteiger partial charge < -0.3 is 14.8 Å². The van der Waals surface area contributed by atoms with Crippen molar-refractivity contribution in [3.8, 4) is 6.07 Å². The molecule has 19 heavy (non-hydrogen) atoms. The molecule has 1 heterocycles. The minimum Gasteiger partial charge on any atom is -0.374 e. The van der Waals surface area contributed by atoms with Crippen molar-refractivity contribution in [2.24, 2.45) is 0 Å². The van der Waals surface area contributed by atoms with Gasteiger partial charge in [-0.25, -0.2) is 0 Å². The first-order chi connectivity index (χ1) is 9.09. The third-order valence-electron chi connectivity index (χ3n) is 3.06. The summed E-state index contributed by atoms with van der Waals surface area (Å²) in [6.07, 6.45) is 0.0992. The van der Waals surface area contributed by atoms with Crippen molar-refractivity contribution in [1.29, 1.82) is 5.26 Å². The Morgan fingerprint density at radius 2 is 2.16 bits per heavy atom. The van der Waals surface area contributed by atoms with E-state index in [1.54, 1.807) is 12.1 Å². The van der Waals surface area contributed by atoms with Gasteiger partial charge in [0.25, 0.3) is 0 Å². The number of hydrogen-bond donors (Lipinski definition) is 1. The van der Waals surface area contributed by atoms with Crippen LogP contribution < -0.4 is 5.32 Å². The second kappa shape index (κ2) is 6.16. The molecule has 0 amide bonds. The first-order valence-electron chi connectivity index (χ1n) is 6.54. The minimum atomic E-state index is -0.124. The molecule has 1 fully saturated rings. The highest BCUT2D eigenvalue weighted by Crippen LogP contribution is 2.15. The summed E-state index contributed by atoms with van der Waals surface area (Å²) >= 11 is 0. The molecule has 4 nitrogen and oxygen atoms in total. The fraction of sp³-hybridized carbons (Fsp3) is 0.533. The normalized spacial score (nSPS) is 21.8. The molecule has 0 spiro atoms. The molecule has 1 atom stereocenters. The number of nitrogens with one attached hydrogen (secondary N) is 1. The Bertz CT molecular complexity index is 448. The Labute approximate surface area is 114 Å². The van der Waals surface area contributed by atoms with Gasteiger partial charge in [0, 0.05) is 13.1 Å². The first kappa shape index (κ1) is 14.0. The van der Waals surface area contributed by atoms with Crippen molar-refractivity contribution < 1.29 is 9.47 Å². The molecule has 1 aromatic carbocycles. The minimum absolute atomic E-state index is 0.0992. The predicted octanol–water partition coefficient (Wildman–Crippen LogP) is 1.84. The average molecular weight is 260 g/mol. The molecule has 0 saturated carbocycles. The zero-order chi connectivity index (χ0) is 13.7. The molecule has 2 rings (SSSR count). The van der Waals surface area contributed by atoms with Crippen molar-refractivity contribution in [2.75, 3.05) is 19.7 Å². The van der Waals surface area contributed by atoms with Crippen molar-refractivity contribution in [2.45, 2.75) is 32.2 Å². The van der Waals surface area contributed by atoms with E-state index < -0.39 is 0 Å². The van der Waals surface area contributed by atoms with Crippen LogP contribution in [0.15, 0.2) is 24.3 Å². The van der Waals surface area contributed by atoms with Crippen LogP contribution in [0, 0.1) is 11.3 Å². The maximum absolute atomic E-state index is 8.72. The van der Waals surface area contributed by atoms with Gasteiger partial charge in [0.2, 0.25) is 0 Å². The number of benzene rings is 1. The largest absolute Gasteiger partial charge is 0.374 e. The third-order valence-corrected chi connectivity index (χ3v) is 3.06. The number of nitrogens with zero attached hydrogens (tertiary/aromatic N) is 1. The number of ether oxygens (including phenoxy) is 2. The van der Waals surface area contributed by atoms with Crippen LogP contribution in [0.3, 0.4) is 0 Å². The van der Waals surface area contributed by atoms with Crippen molar-refractivity contribution in [3.05, 3.63) is 35.4 Å². The van der Waals surface area contributed by atoms with E-state index in [-0.39, 0.29) is 11.7 Å². The van der Waals surface area contributed by atoms with E-state index in [1.807, 2.05) is 12.1 Å². The van der Waals surface area contributed by atoms with Gasteiger partial charge in [0.15, 0.2) is 0 Å². The van der Waals surface area contributed by atoms with Gasteiger partial charge >= 0.3 is 0 Å². The van der Waals surface area contributed by atoms with E-state index in [1.165, 1.54) is 0 Å². The molecule has 0 radical (unpaired) electrons. The van der Waals surface area contributed by atoms with Gasteiger partial charge in [-0.05, 0) is 31.5 Å². The molecule has 0 aliphatic carbocycles. The van der Waals surface area contributed by atoms with Crippen LogP contribution in [0.2, 0.25) is 0 Å². The highest BCUT2D eigenvalue weighted by Gasteiger charge is 2.28. The second-order valence-electron chi connectivity index (χ2n) is 5.45. The topological polar surface area (TPSA) is 54.3 Å². The summed E-state index contributed by atoms with van der Waals surface area (Å²) in [6, 6.07) is 9.55. The van der Waals surface area contributed by atoms with Gasteiger partial charge in [-0.3, -0.25) is 0 Å². The third kappa shape index (κ3) is 4.32. The Morgan fingerprint density at radius 3 is 2.79 bits per heavy atom. The monoisotopic (exact) mass is 260 g/mol. The van der Waals surface area contributed by atoms with E-state index in [4.69, 9.17) is 14.7 Å². The lowest BCUT2D eigenvalue weighted by Gasteiger charge is -2.36. The average Bonchev–Trinajstić information content (AvgIpc) is 2.38. The first-order valence-corrected chi connectivity index (χ1v) is 6.54. The standard InChI is InChI=1S/C15H20N2O2/c1-15(2)11-17-8-14(19-15)10-18-9-13-5-3-12(7-16)4-6-13/h3-6,14,17H,8-11H2,1-2H3. The van der Waals surface area contributed by atoms with Gasteiger partial charge in [-0.15, -0.1) is 0 Å². The van der Waals surface area contributed by atoms with E-state index in [0.29, 0.717) is 18.8 Å². The molecular weight excluding hydrogens is 240 g/mol. The molecule has 0 bridgehead atoms. The van der Waals surface area contributed by atoms with Crippen LogP contribution in [-0.4, -0.2) is 31.4 Å². The summed E-state index contributed by atoms with van der Waals surface area (Å²) in [5, 5.41) is 12.1. The van der Waals surface area contributed by atoms with Crippen LogP contribution in [0.1, 0.15) is 25.0 Å². The predicted molar refractivity (Wildman–Crippen MR) is 72.6 cm³/mol. The molecule has 1 N–H and O–H groups in total. The van der Waals surface area contributed by atoms with E-state index in [9.17, 15) is 0 Å². The number of nitriles is 1. The molecule has 1 aliphatic rings. The summed E-state index contributed by atoms with van der Waals surface area (Å²) in [4.78, 5) is 0. The number of rotatable bonds is 4. The molecule has 4 heteroatoms. The maximum Gasteiger partial charge on any atom is 0.0991 e. The molecule has 1 aromatic rings. The highest BCUT2D eigenvalue weighted by atomic mass is 16.5. The Morgan fingerprint density at radius 1 is 1.42 bits per heavy atom. The van der Waals surface area contributed by atoms with Crippen molar-refractivity contribution >= 4 is 0 Å². The van der Waals surface area contributed by atoms with Crippen molar-refractivity contribution in [1.82, 2.24) is 5.32 Å². The summed E-state index contributed by atoms with van der Waals surface area (Å²) in [6.45, 7) is 6.98. The maximum atomic E-state index is 8.72. The SMILES string of the molecule is CC1(C)CNCC(COCc2ccc(C#N)cc2)O1. The Hall–Kier alpha value is -1.41. The molecule has 1 unspecified atom stereocenters. The lowest BCUT2D eigenvalue weighted by Crippen LogP contribution is -2.51. The highest BCUT2D eigenvalue weighted by molar-refractivity contribution is 5.31. The fourth-order valence-electron chi connectivity index (χ4n) is 2.15. The molecule has 1 aliphatic heterocycles. The van der Waals surface area contributed by atoms with E-state index >= 15 is 0 Å². The van der Waals surface area contributed by atoms with Crippen LogP contribution >= 0.6 is 0 Å². The molecule has 0 aromatic heterocycles. The zero-order valence-electron chi connectivity index (χ0n) is 11.5. The lowest BCUT2D eigenvalue weighted by molar-refractivity contribution is -0.122. The Balaban J connectivity index is 1.75. The Kier molecular flexibility index (Phi) is 4.54. The quantitative estimate of drug-likeness (QED) is 0.897. The van der Waals surface area contributed by atoms with Gasteiger partial charge in [-0.1, -0.05) is 12.1 Å². The van der Waals surface area contributed by atoms with Crippen LogP contribution in [0.5, 0.6) is 0 Å². The summed E-state index contributed by atoms with van der Waals surface area (Å²) in [7, 11) is 0. The molecular formula is C15H20N2O2. The molecule has 102 valence electrons. The van der Waals surface area contributed by atoms with E-state index in [2.05, 4.69) is 25.2 Å². The van der Waals surface area contributed by atoms with Crippen molar-refractivity contribution in [3.63, 3.8) is 0 Å². The van der Waals surface area contributed by atoms with Gasteiger partial charge in [0.05, 0.1) is 36.6 Å². The molecule has 1 saturated heterocycles. The number of hydrogen-bond acceptors (Lipinski definition) is 4. The van der Waals surface area contributed by atoms with Crippen LogP contribution in [0.25, 0.3) is 0 Å². The van der Waals surface area contributed by atoms with Crippen LogP contribution in [-0.2, 0) is 16.1 Å². The summed E-state index contributed by atoms with van der Waals surface area (Å²) in [5.74, 6) is 0. The van der Waals surface area contributed by atoms with E-state index in [0.717, 1.165) is 18.7 Å². The van der Waals surface area contributed by atoms with Gasteiger partial charge in [0.1, 0.15) is 0 Å².